The first-order valence-electron chi connectivity index (χ1n) is 5.52. The van der Waals surface area contributed by atoms with Crippen LogP contribution in [0.5, 0.6) is 0 Å². The van der Waals surface area contributed by atoms with Crippen LogP contribution in [0.2, 0.25) is 0 Å². The lowest BCUT2D eigenvalue weighted by molar-refractivity contribution is 0.601. The van der Waals surface area contributed by atoms with Crippen LogP contribution in [0.1, 0.15) is 31.7 Å². The summed E-state index contributed by atoms with van der Waals surface area (Å²) in [6.45, 7) is 4.33. The maximum Gasteiger partial charge on any atom is 0.0521 e. The molecule has 0 saturated heterocycles. The van der Waals surface area contributed by atoms with Gasteiger partial charge in [-0.05, 0) is 44.8 Å². The van der Waals surface area contributed by atoms with E-state index in [1.54, 1.807) is 0 Å². The zero-order valence-electron chi connectivity index (χ0n) is 9.29. The molecule has 0 aromatic carbocycles. The lowest BCUT2D eigenvalue weighted by Gasteiger charge is -1.98. The Morgan fingerprint density at radius 2 is 2.29 bits per heavy atom. The van der Waals surface area contributed by atoms with E-state index in [0.29, 0.717) is 0 Å². The van der Waals surface area contributed by atoms with Crippen LogP contribution >= 0.6 is 0 Å². The minimum Gasteiger partial charge on any atom is -0.320 e. The quantitative estimate of drug-likeness (QED) is 0.673. The molecule has 0 aliphatic rings. The Kier molecular flexibility index (Phi) is 5.30. The molecule has 3 nitrogen and oxygen atoms in total. The molecule has 0 spiro atoms. The Balaban J connectivity index is 2.22. The molecule has 1 N–H and O–H groups in total. The molecule has 0 unspecified atom stereocenters. The van der Waals surface area contributed by atoms with E-state index in [-0.39, 0.29) is 0 Å². The smallest absolute Gasteiger partial charge is 0.0521 e. The monoisotopic (exact) mass is 195 g/mol. The van der Waals surface area contributed by atoms with Crippen LogP contribution in [0.25, 0.3) is 0 Å². The Labute approximate surface area is 86.5 Å². The normalized spacial score (nSPS) is 10.7. The summed E-state index contributed by atoms with van der Waals surface area (Å²) in [4.78, 5) is 0. The van der Waals surface area contributed by atoms with Gasteiger partial charge in [0.25, 0.3) is 0 Å². The standard InChI is InChI=1S/C11H21N3/c1-3-8-14-10-11(9-13-14)6-4-5-7-12-2/h9-10,12H,3-8H2,1-2H3. The van der Waals surface area contributed by atoms with Crippen molar-refractivity contribution in [2.24, 2.45) is 0 Å². The summed E-state index contributed by atoms with van der Waals surface area (Å²) in [5.74, 6) is 0. The van der Waals surface area contributed by atoms with Gasteiger partial charge in [0.2, 0.25) is 0 Å². The van der Waals surface area contributed by atoms with Crippen LogP contribution in [-0.2, 0) is 13.0 Å². The molecule has 80 valence electrons. The summed E-state index contributed by atoms with van der Waals surface area (Å²) in [6, 6.07) is 0. The molecule has 1 heterocycles. The molecule has 0 aliphatic carbocycles. The van der Waals surface area contributed by atoms with Gasteiger partial charge in [0.05, 0.1) is 6.20 Å². The molecule has 1 aromatic heterocycles. The van der Waals surface area contributed by atoms with Gasteiger partial charge in [-0.1, -0.05) is 6.92 Å². The molecule has 3 heteroatoms. The average molecular weight is 195 g/mol. The van der Waals surface area contributed by atoms with Crippen molar-refractivity contribution in [3.8, 4) is 0 Å². The fourth-order valence-electron chi connectivity index (χ4n) is 1.52. The molecular formula is C11H21N3. The van der Waals surface area contributed by atoms with Gasteiger partial charge in [-0.25, -0.2) is 0 Å². The van der Waals surface area contributed by atoms with Crippen LogP contribution in [0.15, 0.2) is 12.4 Å². The van der Waals surface area contributed by atoms with Crippen LogP contribution in [0.4, 0.5) is 0 Å². The van der Waals surface area contributed by atoms with Crippen molar-refractivity contribution in [3.63, 3.8) is 0 Å². The molecule has 0 radical (unpaired) electrons. The van der Waals surface area contributed by atoms with Gasteiger partial charge in [-0.2, -0.15) is 5.10 Å². The highest BCUT2D eigenvalue weighted by Gasteiger charge is 1.97. The molecule has 1 aromatic rings. The Bertz CT molecular complexity index is 242. The van der Waals surface area contributed by atoms with Crippen LogP contribution in [-0.4, -0.2) is 23.4 Å². The number of hydrogen-bond acceptors (Lipinski definition) is 2. The van der Waals surface area contributed by atoms with Gasteiger partial charge in [-0.15, -0.1) is 0 Å². The Morgan fingerprint density at radius 1 is 1.43 bits per heavy atom. The first-order valence-corrected chi connectivity index (χ1v) is 5.52. The van der Waals surface area contributed by atoms with Crippen molar-refractivity contribution < 1.29 is 0 Å². The average Bonchev–Trinajstić information content (AvgIpc) is 2.61. The van der Waals surface area contributed by atoms with Crippen LogP contribution in [0.3, 0.4) is 0 Å². The minimum atomic E-state index is 1.04. The van der Waals surface area contributed by atoms with Crippen molar-refractivity contribution in [1.29, 1.82) is 0 Å². The molecule has 0 bridgehead atoms. The fraction of sp³-hybridized carbons (Fsp3) is 0.727. The van der Waals surface area contributed by atoms with E-state index >= 15 is 0 Å². The van der Waals surface area contributed by atoms with E-state index in [2.05, 4.69) is 23.5 Å². The van der Waals surface area contributed by atoms with Crippen LogP contribution < -0.4 is 5.32 Å². The maximum absolute atomic E-state index is 4.31. The highest BCUT2D eigenvalue weighted by Crippen LogP contribution is 2.04. The number of nitrogens with zero attached hydrogens (tertiary/aromatic N) is 2. The summed E-state index contributed by atoms with van der Waals surface area (Å²) in [5.41, 5.74) is 1.37. The third-order valence-corrected chi connectivity index (χ3v) is 2.28. The first kappa shape index (κ1) is 11.2. The van der Waals surface area contributed by atoms with E-state index < -0.39 is 0 Å². The molecule has 1 rings (SSSR count). The van der Waals surface area contributed by atoms with Crippen molar-refractivity contribution in [1.82, 2.24) is 15.1 Å². The van der Waals surface area contributed by atoms with Gasteiger partial charge in [0.15, 0.2) is 0 Å². The number of nitrogens with one attached hydrogen (secondary N) is 1. The van der Waals surface area contributed by atoms with Crippen LogP contribution in [0, 0.1) is 0 Å². The fourth-order valence-corrected chi connectivity index (χ4v) is 1.52. The molecule has 0 saturated carbocycles. The molecule has 0 aliphatic heterocycles. The molecule has 0 amide bonds. The summed E-state index contributed by atoms with van der Waals surface area (Å²) in [7, 11) is 2.00. The van der Waals surface area contributed by atoms with Gasteiger partial charge in [0, 0.05) is 12.7 Å². The number of aryl methyl sites for hydroxylation is 2. The maximum atomic E-state index is 4.31. The number of unbranched alkanes of at least 4 members (excludes halogenated alkanes) is 1. The van der Waals surface area contributed by atoms with E-state index in [1.165, 1.54) is 18.4 Å². The topological polar surface area (TPSA) is 29.9 Å². The third-order valence-electron chi connectivity index (χ3n) is 2.28. The highest BCUT2D eigenvalue weighted by atomic mass is 15.3. The van der Waals surface area contributed by atoms with Crippen molar-refractivity contribution in [2.75, 3.05) is 13.6 Å². The van der Waals surface area contributed by atoms with E-state index in [4.69, 9.17) is 0 Å². The largest absolute Gasteiger partial charge is 0.320 e. The summed E-state index contributed by atoms with van der Waals surface area (Å²) >= 11 is 0. The lowest BCUT2D eigenvalue weighted by atomic mass is 10.1. The lowest BCUT2D eigenvalue weighted by Crippen LogP contribution is -2.07. The van der Waals surface area contributed by atoms with Gasteiger partial charge in [0.1, 0.15) is 0 Å². The predicted octanol–water partition coefficient (Wildman–Crippen LogP) is 1.84. The molecule has 0 atom stereocenters. The van der Waals surface area contributed by atoms with Gasteiger partial charge in [-0.3, -0.25) is 4.68 Å². The van der Waals surface area contributed by atoms with Crippen molar-refractivity contribution in [2.45, 2.75) is 39.2 Å². The Hall–Kier alpha value is -0.830. The van der Waals surface area contributed by atoms with Gasteiger partial charge >= 0.3 is 0 Å². The second kappa shape index (κ2) is 6.60. The van der Waals surface area contributed by atoms with Crippen molar-refractivity contribution in [3.05, 3.63) is 18.0 Å². The number of rotatable bonds is 7. The van der Waals surface area contributed by atoms with E-state index in [1.807, 2.05) is 17.9 Å². The van der Waals surface area contributed by atoms with E-state index in [0.717, 1.165) is 25.9 Å². The number of aromatic nitrogens is 2. The second-order valence-corrected chi connectivity index (χ2v) is 3.67. The summed E-state index contributed by atoms with van der Waals surface area (Å²) in [5, 5.41) is 7.46. The highest BCUT2D eigenvalue weighted by molar-refractivity contribution is 5.03. The summed E-state index contributed by atoms with van der Waals surface area (Å²) < 4.78 is 2.04. The zero-order chi connectivity index (χ0) is 10.2. The SMILES string of the molecule is CCCn1cc(CCCCNC)cn1. The first-order chi connectivity index (χ1) is 6.86. The summed E-state index contributed by atoms with van der Waals surface area (Å²) in [6.07, 6.45) is 8.97. The predicted molar refractivity (Wildman–Crippen MR) is 59.4 cm³/mol. The molecular weight excluding hydrogens is 174 g/mol. The zero-order valence-corrected chi connectivity index (χ0v) is 9.29. The number of hydrogen-bond donors (Lipinski definition) is 1. The molecule has 14 heavy (non-hydrogen) atoms. The van der Waals surface area contributed by atoms with E-state index in [9.17, 15) is 0 Å². The minimum absolute atomic E-state index is 1.04. The second-order valence-electron chi connectivity index (χ2n) is 3.67. The van der Waals surface area contributed by atoms with Gasteiger partial charge < -0.3 is 5.32 Å². The Morgan fingerprint density at radius 3 is 3.00 bits per heavy atom. The third kappa shape index (κ3) is 3.92. The molecule has 0 fully saturated rings. The van der Waals surface area contributed by atoms with Crippen molar-refractivity contribution >= 4 is 0 Å².